The van der Waals surface area contributed by atoms with Crippen LogP contribution in [0.25, 0.3) is 0 Å². The van der Waals surface area contributed by atoms with E-state index in [9.17, 15) is 4.79 Å². The van der Waals surface area contributed by atoms with Crippen molar-refractivity contribution in [2.24, 2.45) is 5.92 Å². The fraction of sp³-hybridized carbons (Fsp3) is 0.533. The molecule has 2 nitrogen and oxygen atoms in total. The van der Waals surface area contributed by atoms with Crippen LogP contribution in [0.3, 0.4) is 0 Å². The van der Waals surface area contributed by atoms with Crippen molar-refractivity contribution < 1.29 is 4.79 Å². The number of hydrogen-bond donors (Lipinski definition) is 1. The monoisotopic (exact) mass is 345 g/mol. The Morgan fingerprint density at radius 1 is 1.26 bits per heavy atom. The average molecular weight is 347 g/mol. The van der Waals surface area contributed by atoms with Crippen molar-refractivity contribution in [3.8, 4) is 0 Å². The Kier molecular flexibility index (Phi) is 6.87. The quantitative estimate of drug-likeness (QED) is 0.767. The predicted octanol–water partition coefficient (Wildman–Crippen LogP) is 5.05. The molecule has 0 aliphatic heterocycles. The summed E-state index contributed by atoms with van der Waals surface area (Å²) in [7, 11) is 0. The van der Waals surface area contributed by atoms with Gasteiger partial charge in [0, 0.05) is 21.1 Å². The van der Waals surface area contributed by atoms with Crippen LogP contribution in [-0.4, -0.2) is 11.9 Å². The number of amides is 1. The van der Waals surface area contributed by atoms with Crippen LogP contribution in [-0.2, 0) is 0 Å². The van der Waals surface area contributed by atoms with E-state index in [1.54, 1.807) is 18.2 Å². The first-order valence-corrected chi connectivity index (χ1v) is 7.82. The summed E-state index contributed by atoms with van der Waals surface area (Å²) < 4.78 is 0.817. The molecule has 106 valence electrons. The van der Waals surface area contributed by atoms with Gasteiger partial charge in [-0.2, -0.15) is 0 Å². The van der Waals surface area contributed by atoms with Crippen LogP contribution < -0.4 is 5.32 Å². The van der Waals surface area contributed by atoms with Gasteiger partial charge in [0.25, 0.3) is 5.91 Å². The molecule has 0 saturated carbocycles. The molecule has 1 atom stereocenters. The Balaban J connectivity index is 2.49. The Hall–Kier alpha value is -0.540. The van der Waals surface area contributed by atoms with E-state index in [0.29, 0.717) is 16.5 Å². The molecule has 0 fully saturated rings. The van der Waals surface area contributed by atoms with Gasteiger partial charge in [-0.25, -0.2) is 0 Å². The standard InChI is InChI=1S/C15H21BrClNO/c1-10(2)5-4-6-11(3)18-15(19)12-7-13(16)9-14(17)8-12/h7-11H,4-6H2,1-3H3,(H,18,19). The molecule has 4 heteroatoms. The van der Waals surface area contributed by atoms with Crippen LogP contribution in [0.1, 0.15) is 50.4 Å². The molecule has 0 heterocycles. The molecule has 1 unspecified atom stereocenters. The Labute approximate surface area is 129 Å². The van der Waals surface area contributed by atoms with Gasteiger partial charge in [0.15, 0.2) is 0 Å². The molecule has 0 bridgehead atoms. The minimum absolute atomic E-state index is 0.0692. The van der Waals surface area contributed by atoms with Crippen molar-refractivity contribution in [1.29, 1.82) is 0 Å². The maximum Gasteiger partial charge on any atom is 0.251 e. The highest BCUT2D eigenvalue weighted by molar-refractivity contribution is 9.10. The summed E-state index contributed by atoms with van der Waals surface area (Å²) >= 11 is 9.28. The summed E-state index contributed by atoms with van der Waals surface area (Å²) in [4.78, 5) is 12.1. The smallest absolute Gasteiger partial charge is 0.251 e. The molecular formula is C15H21BrClNO. The summed E-state index contributed by atoms with van der Waals surface area (Å²) in [6.07, 6.45) is 3.34. The average Bonchev–Trinajstić information content (AvgIpc) is 2.26. The molecule has 1 aromatic carbocycles. The normalized spacial score (nSPS) is 12.5. The molecule has 0 spiro atoms. The van der Waals surface area contributed by atoms with E-state index < -0.39 is 0 Å². The first-order valence-electron chi connectivity index (χ1n) is 6.65. The molecule has 19 heavy (non-hydrogen) atoms. The maximum atomic E-state index is 12.1. The number of rotatable bonds is 6. The number of carbonyl (C=O) groups is 1. The highest BCUT2D eigenvalue weighted by Gasteiger charge is 2.11. The van der Waals surface area contributed by atoms with Crippen LogP contribution in [0.15, 0.2) is 22.7 Å². The zero-order chi connectivity index (χ0) is 14.4. The molecule has 1 rings (SSSR count). The second kappa shape index (κ2) is 7.91. The van der Waals surface area contributed by atoms with Crippen LogP contribution in [0.2, 0.25) is 5.02 Å². The summed E-state index contributed by atoms with van der Waals surface area (Å²) in [5, 5.41) is 3.57. The lowest BCUT2D eigenvalue weighted by Crippen LogP contribution is -2.32. The molecule has 1 N–H and O–H groups in total. The van der Waals surface area contributed by atoms with Crippen LogP contribution in [0, 0.1) is 5.92 Å². The van der Waals surface area contributed by atoms with E-state index in [1.165, 1.54) is 6.42 Å². The Morgan fingerprint density at radius 3 is 2.53 bits per heavy atom. The van der Waals surface area contributed by atoms with Crippen molar-refractivity contribution >= 4 is 33.4 Å². The highest BCUT2D eigenvalue weighted by atomic mass is 79.9. The van der Waals surface area contributed by atoms with Gasteiger partial charge < -0.3 is 5.32 Å². The van der Waals surface area contributed by atoms with E-state index in [4.69, 9.17) is 11.6 Å². The van der Waals surface area contributed by atoms with Gasteiger partial charge in [0.1, 0.15) is 0 Å². The largest absolute Gasteiger partial charge is 0.350 e. The van der Waals surface area contributed by atoms with Gasteiger partial charge in [-0.3, -0.25) is 4.79 Å². The fourth-order valence-corrected chi connectivity index (χ4v) is 2.76. The van der Waals surface area contributed by atoms with Crippen molar-refractivity contribution in [1.82, 2.24) is 5.32 Å². The molecule has 0 aromatic heterocycles. The van der Waals surface area contributed by atoms with Crippen molar-refractivity contribution in [2.45, 2.75) is 46.1 Å². The lowest BCUT2D eigenvalue weighted by atomic mass is 10.0. The number of hydrogen-bond acceptors (Lipinski definition) is 1. The van der Waals surface area contributed by atoms with E-state index in [2.05, 4.69) is 35.1 Å². The molecule has 0 saturated heterocycles. The van der Waals surface area contributed by atoms with E-state index in [0.717, 1.165) is 17.3 Å². The van der Waals surface area contributed by atoms with E-state index in [-0.39, 0.29) is 11.9 Å². The first kappa shape index (κ1) is 16.5. The second-order valence-corrected chi connectivity index (χ2v) is 6.71. The van der Waals surface area contributed by atoms with Gasteiger partial charge in [-0.15, -0.1) is 0 Å². The minimum atomic E-state index is -0.0692. The summed E-state index contributed by atoms with van der Waals surface area (Å²) in [6, 6.07) is 5.42. The molecular weight excluding hydrogens is 326 g/mol. The molecule has 0 aliphatic rings. The maximum absolute atomic E-state index is 12.1. The van der Waals surface area contributed by atoms with Gasteiger partial charge in [0.05, 0.1) is 0 Å². The van der Waals surface area contributed by atoms with E-state index in [1.807, 2.05) is 6.92 Å². The Morgan fingerprint density at radius 2 is 1.95 bits per heavy atom. The SMILES string of the molecule is CC(C)CCCC(C)NC(=O)c1cc(Cl)cc(Br)c1. The van der Waals surface area contributed by atoms with Crippen molar-refractivity contribution in [3.05, 3.63) is 33.3 Å². The van der Waals surface area contributed by atoms with Gasteiger partial charge in [-0.1, -0.05) is 54.2 Å². The summed E-state index contributed by atoms with van der Waals surface area (Å²) in [5.41, 5.74) is 0.593. The molecule has 0 aliphatic carbocycles. The third-order valence-electron chi connectivity index (χ3n) is 2.92. The fourth-order valence-electron chi connectivity index (χ4n) is 1.90. The number of benzene rings is 1. The van der Waals surface area contributed by atoms with Gasteiger partial charge >= 0.3 is 0 Å². The number of nitrogens with one attached hydrogen (secondary N) is 1. The topological polar surface area (TPSA) is 29.1 Å². The summed E-state index contributed by atoms with van der Waals surface area (Å²) in [6.45, 7) is 6.47. The predicted molar refractivity (Wildman–Crippen MR) is 84.8 cm³/mol. The number of carbonyl (C=O) groups excluding carboxylic acids is 1. The van der Waals surface area contributed by atoms with E-state index >= 15 is 0 Å². The lowest BCUT2D eigenvalue weighted by Gasteiger charge is -2.14. The van der Waals surface area contributed by atoms with Crippen molar-refractivity contribution in [3.63, 3.8) is 0 Å². The second-order valence-electron chi connectivity index (χ2n) is 5.36. The van der Waals surface area contributed by atoms with Gasteiger partial charge in [-0.05, 0) is 37.5 Å². The Bertz CT molecular complexity index is 414. The lowest BCUT2D eigenvalue weighted by molar-refractivity contribution is 0.0937. The third kappa shape index (κ3) is 6.44. The molecule has 1 aromatic rings. The number of halogens is 2. The zero-order valence-corrected chi connectivity index (χ0v) is 14.0. The minimum Gasteiger partial charge on any atom is -0.350 e. The molecule has 0 radical (unpaired) electrons. The first-order chi connectivity index (χ1) is 8.88. The zero-order valence-electron chi connectivity index (χ0n) is 11.7. The van der Waals surface area contributed by atoms with Crippen LogP contribution in [0.5, 0.6) is 0 Å². The molecule has 1 amide bonds. The summed E-state index contributed by atoms with van der Waals surface area (Å²) in [5.74, 6) is 0.645. The van der Waals surface area contributed by atoms with Crippen molar-refractivity contribution in [2.75, 3.05) is 0 Å². The highest BCUT2D eigenvalue weighted by Crippen LogP contribution is 2.19. The van der Waals surface area contributed by atoms with Crippen LogP contribution in [0.4, 0.5) is 0 Å². The van der Waals surface area contributed by atoms with Crippen LogP contribution >= 0.6 is 27.5 Å². The third-order valence-corrected chi connectivity index (χ3v) is 3.60. The van der Waals surface area contributed by atoms with Gasteiger partial charge in [0.2, 0.25) is 0 Å².